The maximum Gasteiger partial charge on any atom is 0.0697 e. The van der Waals surface area contributed by atoms with Gasteiger partial charge in [0.15, 0.2) is 0 Å². The fourth-order valence-electron chi connectivity index (χ4n) is 3.33. The van der Waals surface area contributed by atoms with Crippen LogP contribution in [0.3, 0.4) is 0 Å². The van der Waals surface area contributed by atoms with Gasteiger partial charge in [0.1, 0.15) is 0 Å². The standard InChI is InChI=1S/C16H19N5/c1-2-20-7-5-12(11-20)15-10-17-16-4-3-13(9-14(15)16)21-8-6-18-19-21/h3-4,6,8-10,12,17H,2,5,7,11H2,1H3. The largest absolute Gasteiger partial charge is 0.361 e. The van der Waals surface area contributed by atoms with E-state index in [1.54, 1.807) is 6.20 Å². The molecule has 0 amide bonds. The smallest absolute Gasteiger partial charge is 0.0697 e. The lowest BCUT2D eigenvalue weighted by Crippen LogP contribution is -2.19. The number of aromatic nitrogens is 4. The van der Waals surface area contributed by atoms with Crippen molar-refractivity contribution in [1.82, 2.24) is 24.9 Å². The Morgan fingerprint density at radius 2 is 2.33 bits per heavy atom. The van der Waals surface area contributed by atoms with E-state index in [4.69, 9.17) is 0 Å². The summed E-state index contributed by atoms with van der Waals surface area (Å²) in [6.07, 6.45) is 7.01. The van der Waals surface area contributed by atoms with Crippen molar-refractivity contribution in [3.63, 3.8) is 0 Å². The summed E-state index contributed by atoms with van der Waals surface area (Å²) in [4.78, 5) is 5.93. The van der Waals surface area contributed by atoms with E-state index in [1.165, 1.54) is 29.4 Å². The van der Waals surface area contributed by atoms with Crippen LogP contribution in [0.2, 0.25) is 0 Å². The number of aromatic amines is 1. The van der Waals surface area contributed by atoms with Crippen molar-refractivity contribution in [1.29, 1.82) is 0 Å². The Hall–Kier alpha value is -2.14. The van der Waals surface area contributed by atoms with Crippen molar-refractivity contribution in [2.24, 2.45) is 0 Å². The Morgan fingerprint density at radius 1 is 1.38 bits per heavy atom. The van der Waals surface area contributed by atoms with Gasteiger partial charge in [-0.3, -0.25) is 0 Å². The molecule has 5 heteroatoms. The number of H-pyrrole nitrogens is 1. The van der Waals surface area contributed by atoms with Crippen LogP contribution in [0.25, 0.3) is 16.6 Å². The van der Waals surface area contributed by atoms with Gasteiger partial charge in [0.2, 0.25) is 0 Å². The van der Waals surface area contributed by atoms with Gasteiger partial charge in [-0.1, -0.05) is 12.1 Å². The Bertz CT molecular complexity index is 743. The third-order valence-corrected chi connectivity index (χ3v) is 4.54. The highest BCUT2D eigenvalue weighted by Gasteiger charge is 2.24. The molecule has 0 aliphatic carbocycles. The molecular weight excluding hydrogens is 262 g/mol. The number of hydrogen-bond donors (Lipinski definition) is 1. The van der Waals surface area contributed by atoms with Crippen LogP contribution in [0.1, 0.15) is 24.8 Å². The fraction of sp³-hybridized carbons (Fsp3) is 0.375. The molecule has 21 heavy (non-hydrogen) atoms. The average molecular weight is 281 g/mol. The summed E-state index contributed by atoms with van der Waals surface area (Å²) < 4.78 is 1.81. The second kappa shape index (κ2) is 5.00. The maximum atomic E-state index is 4.08. The second-order valence-electron chi connectivity index (χ2n) is 5.70. The van der Waals surface area contributed by atoms with Gasteiger partial charge < -0.3 is 9.88 Å². The average Bonchev–Trinajstić information content (AvgIpc) is 3.25. The van der Waals surface area contributed by atoms with Crippen molar-refractivity contribution in [3.05, 3.63) is 42.4 Å². The third-order valence-electron chi connectivity index (χ3n) is 4.54. The Labute approximate surface area is 123 Å². The lowest BCUT2D eigenvalue weighted by Gasteiger charge is -2.12. The summed E-state index contributed by atoms with van der Waals surface area (Å²) in [7, 11) is 0. The number of nitrogens with one attached hydrogen (secondary N) is 1. The lowest BCUT2D eigenvalue weighted by atomic mass is 9.97. The van der Waals surface area contributed by atoms with E-state index < -0.39 is 0 Å². The minimum atomic E-state index is 0.629. The van der Waals surface area contributed by atoms with Gasteiger partial charge in [0.25, 0.3) is 0 Å². The van der Waals surface area contributed by atoms with E-state index in [1.807, 2.05) is 10.9 Å². The molecule has 1 fully saturated rings. The molecule has 0 bridgehead atoms. The minimum Gasteiger partial charge on any atom is -0.361 e. The van der Waals surface area contributed by atoms with Crippen LogP contribution in [0.4, 0.5) is 0 Å². The second-order valence-corrected chi connectivity index (χ2v) is 5.70. The van der Waals surface area contributed by atoms with Crippen LogP contribution >= 0.6 is 0 Å². The molecule has 1 aromatic carbocycles. The number of hydrogen-bond acceptors (Lipinski definition) is 3. The number of likely N-dealkylation sites (N-methyl/N-ethyl adjacent to an activating group) is 1. The summed E-state index contributed by atoms with van der Waals surface area (Å²) in [5.74, 6) is 0.629. The van der Waals surface area contributed by atoms with Crippen LogP contribution < -0.4 is 0 Å². The SMILES string of the molecule is CCN1CCC(c2c[nH]c3ccc(-n4ccnn4)cc23)C1. The highest BCUT2D eigenvalue weighted by atomic mass is 15.4. The zero-order valence-electron chi connectivity index (χ0n) is 12.2. The first-order chi connectivity index (χ1) is 10.3. The van der Waals surface area contributed by atoms with Gasteiger partial charge in [0, 0.05) is 23.6 Å². The molecule has 1 atom stereocenters. The van der Waals surface area contributed by atoms with Crippen molar-refractivity contribution in [2.75, 3.05) is 19.6 Å². The predicted molar refractivity (Wildman–Crippen MR) is 82.7 cm³/mol. The third kappa shape index (κ3) is 2.14. The lowest BCUT2D eigenvalue weighted by molar-refractivity contribution is 0.354. The normalized spacial score (nSPS) is 19.6. The Morgan fingerprint density at radius 3 is 3.10 bits per heavy atom. The molecule has 0 saturated carbocycles. The highest BCUT2D eigenvalue weighted by molar-refractivity contribution is 5.85. The van der Waals surface area contributed by atoms with Gasteiger partial charge >= 0.3 is 0 Å². The molecule has 1 unspecified atom stereocenters. The summed E-state index contributed by atoms with van der Waals surface area (Å²) in [5, 5.41) is 9.28. The van der Waals surface area contributed by atoms with Gasteiger partial charge in [-0.15, -0.1) is 5.10 Å². The van der Waals surface area contributed by atoms with Crippen molar-refractivity contribution in [3.8, 4) is 5.69 Å². The van der Waals surface area contributed by atoms with Gasteiger partial charge in [-0.2, -0.15) is 0 Å². The molecule has 1 aliphatic rings. The van der Waals surface area contributed by atoms with Crippen LogP contribution in [0.5, 0.6) is 0 Å². The monoisotopic (exact) mass is 281 g/mol. The molecular formula is C16H19N5. The van der Waals surface area contributed by atoms with Gasteiger partial charge in [-0.25, -0.2) is 4.68 Å². The molecule has 3 aromatic rings. The highest BCUT2D eigenvalue weighted by Crippen LogP contribution is 2.33. The van der Waals surface area contributed by atoms with E-state index >= 15 is 0 Å². The number of benzene rings is 1. The number of nitrogens with zero attached hydrogens (tertiary/aromatic N) is 4. The number of rotatable bonds is 3. The Balaban J connectivity index is 1.75. The zero-order valence-corrected chi connectivity index (χ0v) is 12.2. The molecule has 2 aromatic heterocycles. The number of fused-ring (bicyclic) bond motifs is 1. The fourth-order valence-corrected chi connectivity index (χ4v) is 3.33. The van der Waals surface area contributed by atoms with Gasteiger partial charge in [-0.05, 0) is 49.2 Å². The Kier molecular flexibility index (Phi) is 3.00. The zero-order chi connectivity index (χ0) is 14.2. The first-order valence-electron chi connectivity index (χ1n) is 7.55. The van der Waals surface area contributed by atoms with Crippen LogP contribution in [-0.2, 0) is 0 Å². The molecule has 1 saturated heterocycles. The topological polar surface area (TPSA) is 49.7 Å². The van der Waals surface area contributed by atoms with Crippen molar-refractivity contribution < 1.29 is 0 Å². The van der Waals surface area contributed by atoms with Crippen molar-refractivity contribution in [2.45, 2.75) is 19.3 Å². The van der Waals surface area contributed by atoms with E-state index in [-0.39, 0.29) is 0 Å². The quantitative estimate of drug-likeness (QED) is 0.802. The molecule has 3 heterocycles. The van der Waals surface area contributed by atoms with Gasteiger partial charge in [0.05, 0.1) is 18.1 Å². The minimum absolute atomic E-state index is 0.629. The van der Waals surface area contributed by atoms with E-state index in [0.29, 0.717) is 5.92 Å². The summed E-state index contributed by atoms with van der Waals surface area (Å²) in [6.45, 7) is 5.75. The predicted octanol–water partition coefficient (Wildman–Crippen LogP) is 2.56. The number of likely N-dealkylation sites (tertiary alicyclic amines) is 1. The van der Waals surface area contributed by atoms with Crippen molar-refractivity contribution >= 4 is 10.9 Å². The summed E-state index contributed by atoms with van der Waals surface area (Å²) in [5.41, 5.74) is 3.69. The van der Waals surface area contributed by atoms with Crippen LogP contribution in [0.15, 0.2) is 36.8 Å². The van der Waals surface area contributed by atoms with E-state index in [0.717, 1.165) is 18.8 Å². The first-order valence-corrected chi connectivity index (χ1v) is 7.55. The molecule has 5 nitrogen and oxygen atoms in total. The molecule has 108 valence electrons. The summed E-state index contributed by atoms with van der Waals surface area (Å²) >= 11 is 0. The molecule has 1 aliphatic heterocycles. The molecule has 1 N–H and O–H groups in total. The van der Waals surface area contributed by atoms with E-state index in [9.17, 15) is 0 Å². The first kappa shape index (κ1) is 12.6. The van der Waals surface area contributed by atoms with Crippen LogP contribution in [-0.4, -0.2) is 44.5 Å². The summed E-state index contributed by atoms with van der Waals surface area (Å²) in [6, 6.07) is 6.41. The van der Waals surface area contributed by atoms with Crippen LogP contribution in [0, 0.1) is 0 Å². The van der Waals surface area contributed by atoms with E-state index in [2.05, 4.69) is 51.5 Å². The molecule has 0 spiro atoms. The molecule has 4 rings (SSSR count). The maximum absolute atomic E-state index is 4.08. The molecule has 0 radical (unpaired) electrons.